The average Bonchev–Trinajstić information content (AvgIpc) is 3.36. The molecule has 0 aliphatic carbocycles. The summed E-state index contributed by atoms with van der Waals surface area (Å²) in [6, 6.07) is 8.32. The van der Waals surface area contributed by atoms with Gasteiger partial charge in [0.15, 0.2) is 11.5 Å². The Hall–Kier alpha value is -2.43. The van der Waals surface area contributed by atoms with Crippen molar-refractivity contribution in [3.63, 3.8) is 0 Å². The normalized spacial score (nSPS) is 16.0. The molecule has 8 heteroatoms. The standard InChI is InChI=1S/C21H26N4O3.ClH/c1-3-16(4-2)20-23-17(12-22)21(28-20)25-9-7-24(8-10-25)13-15-5-6-18-19(11-15)27-14-26-18;/h5-6,11,16H,3-4,7-10,13-14H2,1-2H3;1H. The molecule has 1 fully saturated rings. The number of nitrogens with zero attached hydrogens (tertiary/aromatic N) is 4. The summed E-state index contributed by atoms with van der Waals surface area (Å²) in [5, 5.41) is 9.48. The molecule has 7 nitrogen and oxygen atoms in total. The molecular formula is C21H27ClN4O3. The van der Waals surface area contributed by atoms with Gasteiger partial charge in [-0.05, 0) is 30.5 Å². The lowest BCUT2D eigenvalue weighted by atomic mass is 10.0. The number of nitriles is 1. The molecule has 0 amide bonds. The van der Waals surface area contributed by atoms with E-state index in [4.69, 9.17) is 13.9 Å². The molecule has 3 heterocycles. The minimum absolute atomic E-state index is 0. The van der Waals surface area contributed by atoms with Crippen molar-refractivity contribution in [2.24, 2.45) is 0 Å². The van der Waals surface area contributed by atoms with Crippen LogP contribution in [0.15, 0.2) is 22.6 Å². The van der Waals surface area contributed by atoms with E-state index in [1.807, 2.05) is 6.07 Å². The Balaban J connectivity index is 0.00000240. The Kier molecular flexibility index (Phi) is 6.88. The number of fused-ring (bicyclic) bond motifs is 1. The van der Waals surface area contributed by atoms with E-state index >= 15 is 0 Å². The predicted octanol–water partition coefficient (Wildman–Crippen LogP) is 3.92. The van der Waals surface area contributed by atoms with Gasteiger partial charge in [-0.3, -0.25) is 4.90 Å². The summed E-state index contributed by atoms with van der Waals surface area (Å²) in [6.45, 7) is 8.85. The Labute approximate surface area is 177 Å². The van der Waals surface area contributed by atoms with Crippen LogP contribution >= 0.6 is 12.4 Å². The quantitative estimate of drug-likeness (QED) is 0.703. The van der Waals surface area contributed by atoms with Gasteiger partial charge >= 0.3 is 0 Å². The number of halogens is 1. The van der Waals surface area contributed by atoms with Crippen molar-refractivity contribution in [1.82, 2.24) is 9.88 Å². The Morgan fingerprint density at radius 3 is 2.52 bits per heavy atom. The molecule has 2 aliphatic rings. The topological polar surface area (TPSA) is 74.8 Å². The highest BCUT2D eigenvalue weighted by atomic mass is 35.5. The summed E-state index contributed by atoms with van der Waals surface area (Å²) in [4.78, 5) is 9.00. The first-order valence-electron chi connectivity index (χ1n) is 9.98. The van der Waals surface area contributed by atoms with Crippen molar-refractivity contribution in [2.45, 2.75) is 39.2 Å². The van der Waals surface area contributed by atoms with Gasteiger partial charge in [0.1, 0.15) is 6.07 Å². The first-order chi connectivity index (χ1) is 13.7. The monoisotopic (exact) mass is 418 g/mol. The van der Waals surface area contributed by atoms with Gasteiger partial charge in [-0.2, -0.15) is 5.26 Å². The fourth-order valence-electron chi connectivity index (χ4n) is 3.83. The number of rotatable bonds is 6. The van der Waals surface area contributed by atoms with Gasteiger partial charge in [0.05, 0.1) is 0 Å². The van der Waals surface area contributed by atoms with Crippen LogP contribution in [-0.2, 0) is 6.54 Å². The highest BCUT2D eigenvalue weighted by molar-refractivity contribution is 5.85. The summed E-state index contributed by atoms with van der Waals surface area (Å²) < 4.78 is 16.9. The predicted molar refractivity (Wildman–Crippen MR) is 112 cm³/mol. The van der Waals surface area contributed by atoms with Gasteiger partial charge < -0.3 is 18.8 Å². The number of benzene rings is 1. The van der Waals surface area contributed by atoms with E-state index in [0.29, 0.717) is 24.3 Å². The van der Waals surface area contributed by atoms with E-state index in [-0.39, 0.29) is 18.3 Å². The zero-order chi connectivity index (χ0) is 19.5. The van der Waals surface area contributed by atoms with E-state index in [2.05, 4.69) is 46.8 Å². The molecule has 29 heavy (non-hydrogen) atoms. The van der Waals surface area contributed by atoms with Crippen molar-refractivity contribution in [3.8, 4) is 17.6 Å². The third-order valence-electron chi connectivity index (χ3n) is 5.57. The largest absolute Gasteiger partial charge is 0.454 e. The van der Waals surface area contributed by atoms with Crippen molar-refractivity contribution in [1.29, 1.82) is 5.26 Å². The van der Waals surface area contributed by atoms with Crippen LogP contribution in [-0.4, -0.2) is 42.9 Å². The van der Waals surface area contributed by atoms with Crippen LogP contribution in [0.2, 0.25) is 0 Å². The fraction of sp³-hybridized carbons (Fsp3) is 0.524. The third kappa shape index (κ3) is 4.44. The second-order valence-corrected chi connectivity index (χ2v) is 7.28. The molecule has 0 bridgehead atoms. The number of anilines is 1. The molecule has 1 saturated heterocycles. The van der Waals surface area contributed by atoms with Crippen LogP contribution in [0.1, 0.15) is 49.8 Å². The first-order valence-corrected chi connectivity index (χ1v) is 9.98. The Bertz CT molecular complexity index is 867. The molecule has 0 atom stereocenters. The molecule has 0 saturated carbocycles. The molecule has 0 spiro atoms. The third-order valence-corrected chi connectivity index (χ3v) is 5.57. The van der Waals surface area contributed by atoms with Gasteiger partial charge in [-0.1, -0.05) is 19.9 Å². The molecule has 1 aromatic heterocycles. The van der Waals surface area contributed by atoms with Gasteiger partial charge in [0, 0.05) is 38.6 Å². The number of aromatic nitrogens is 1. The molecule has 4 rings (SSSR count). The summed E-state index contributed by atoms with van der Waals surface area (Å²) in [6.07, 6.45) is 1.93. The first kappa shape index (κ1) is 21.3. The maximum Gasteiger partial charge on any atom is 0.234 e. The van der Waals surface area contributed by atoms with E-state index in [1.54, 1.807) is 0 Å². The SMILES string of the molecule is CCC(CC)c1nc(C#N)c(N2CCN(Cc3ccc4c(c3)OCO4)CC2)o1.Cl. The maximum atomic E-state index is 9.48. The second kappa shape index (κ2) is 9.38. The number of piperazine rings is 1. The van der Waals surface area contributed by atoms with Crippen molar-refractivity contribution in [3.05, 3.63) is 35.3 Å². The van der Waals surface area contributed by atoms with E-state index in [0.717, 1.165) is 57.1 Å². The zero-order valence-electron chi connectivity index (χ0n) is 16.9. The summed E-state index contributed by atoms with van der Waals surface area (Å²) in [7, 11) is 0. The molecule has 2 aliphatic heterocycles. The van der Waals surface area contributed by atoms with Crippen LogP contribution in [0.25, 0.3) is 0 Å². The number of hydrogen-bond donors (Lipinski definition) is 0. The molecule has 156 valence electrons. The number of oxazole rings is 1. The van der Waals surface area contributed by atoms with Crippen LogP contribution < -0.4 is 14.4 Å². The Morgan fingerprint density at radius 1 is 1.10 bits per heavy atom. The minimum atomic E-state index is 0. The van der Waals surface area contributed by atoms with Crippen LogP contribution in [0.5, 0.6) is 11.5 Å². The smallest absolute Gasteiger partial charge is 0.234 e. The van der Waals surface area contributed by atoms with E-state index in [1.165, 1.54) is 5.56 Å². The number of ether oxygens (including phenoxy) is 2. The van der Waals surface area contributed by atoms with E-state index < -0.39 is 0 Å². The van der Waals surface area contributed by atoms with Crippen molar-refractivity contribution in [2.75, 3.05) is 37.9 Å². The maximum absolute atomic E-state index is 9.48. The molecule has 1 aromatic carbocycles. The van der Waals surface area contributed by atoms with Crippen molar-refractivity contribution >= 4 is 18.3 Å². The van der Waals surface area contributed by atoms with E-state index in [9.17, 15) is 5.26 Å². The molecular weight excluding hydrogens is 392 g/mol. The molecule has 0 unspecified atom stereocenters. The molecule has 2 aromatic rings. The second-order valence-electron chi connectivity index (χ2n) is 7.28. The number of hydrogen-bond acceptors (Lipinski definition) is 7. The lowest BCUT2D eigenvalue weighted by Gasteiger charge is -2.34. The lowest BCUT2D eigenvalue weighted by Crippen LogP contribution is -2.46. The fourth-order valence-corrected chi connectivity index (χ4v) is 3.83. The van der Waals surface area contributed by atoms with Crippen LogP contribution in [0.4, 0.5) is 5.88 Å². The van der Waals surface area contributed by atoms with Gasteiger partial charge in [-0.15, -0.1) is 12.4 Å². The van der Waals surface area contributed by atoms with Crippen LogP contribution in [0.3, 0.4) is 0 Å². The van der Waals surface area contributed by atoms with Gasteiger partial charge in [0.25, 0.3) is 0 Å². The highest BCUT2D eigenvalue weighted by Gasteiger charge is 2.26. The summed E-state index contributed by atoms with van der Waals surface area (Å²) >= 11 is 0. The molecule has 0 radical (unpaired) electrons. The highest BCUT2D eigenvalue weighted by Crippen LogP contribution is 2.33. The van der Waals surface area contributed by atoms with Crippen molar-refractivity contribution < 1.29 is 13.9 Å². The molecule has 0 N–H and O–H groups in total. The summed E-state index contributed by atoms with van der Waals surface area (Å²) in [5.41, 5.74) is 1.62. The lowest BCUT2D eigenvalue weighted by molar-refractivity contribution is 0.174. The van der Waals surface area contributed by atoms with Gasteiger partial charge in [-0.25, -0.2) is 4.98 Å². The minimum Gasteiger partial charge on any atom is -0.454 e. The van der Waals surface area contributed by atoms with Crippen LogP contribution in [0, 0.1) is 11.3 Å². The Morgan fingerprint density at radius 2 is 1.83 bits per heavy atom. The average molecular weight is 419 g/mol. The zero-order valence-corrected chi connectivity index (χ0v) is 17.7. The summed E-state index contributed by atoms with van der Waals surface area (Å²) in [5.74, 6) is 3.24. The van der Waals surface area contributed by atoms with Gasteiger partial charge in [0.2, 0.25) is 24.3 Å².